The molecule has 0 fully saturated rings. The van der Waals surface area contributed by atoms with Crippen molar-refractivity contribution in [1.29, 1.82) is 0 Å². The Bertz CT molecular complexity index is 924. The SMILES string of the molecule is Nc1ccccc1-c1cnn(-c2ncnc3sccc23)c1. The van der Waals surface area contributed by atoms with Crippen molar-refractivity contribution in [3.05, 3.63) is 54.4 Å². The average Bonchev–Trinajstić information content (AvgIpc) is 3.16. The highest BCUT2D eigenvalue weighted by Crippen LogP contribution is 2.27. The molecule has 0 bridgehead atoms. The second kappa shape index (κ2) is 4.68. The van der Waals surface area contributed by atoms with E-state index in [1.165, 1.54) is 0 Å². The van der Waals surface area contributed by atoms with Crippen molar-refractivity contribution in [1.82, 2.24) is 19.7 Å². The molecule has 0 radical (unpaired) electrons. The zero-order valence-corrected chi connectivity index (χ0v) is 11.8. The molecule has 3 heterocycles. The zero-order valence-electron chi connectivity index (χ0n) is 11.0. The van der Waals surface area contributed by atoms with E-state index in [-0.39, 0.29) is 0 Å². The Morgan fingerprint density at radius 1 is 1.10 bits per heavy atom. The molecule has 0 aliphatic carbocycles. The number of rotatable bonds is 2. The lowest BCUT2D eigenvalue weighted by molar-refractivity contribution is 0.852. The maximum absolute atomic E-state index is 6.01. The van der Waals surface area contributed by atoms with Crippen LogP contribution in [0.2, 0.25) is 0 Å². The molecule has 0 spiro atoms. The summed E-state index contributed by atoms with van der Waals surface area (Å²) in [5.41, 5.74) is 8.69. The topological polar surface area (TPSA) is 69.6 Å². The summed E-state index contributed by atoms with van der Waals surface area (Å²) in [6, 6.07) is 9.76. The van der Waals surface area contributed by atoms with Crippen LogP contribution in [0.4, 0.5) is 5.69 Å². The molecule has 0 saturated heterocycles. The van der Waals surface area contributed by atoms with E-state index in [0.717, 1.165) is 32.8 Å². The minimum atomic E-state index is 0.736. The molecular weight excluding hydrogens is 282 g/mol. The molecule has 0 unspecified atom stereocenters. The normalized spacial score (nSPS) is 11.0. The van der Waals surface area contributed by atoms with Gasteiger partial charge in [0.15, 0.2) is 5.82 Å². The summed E-state index contributed by atoms with van der Waals surface area (Å²) >= 11 is 1.59. The molecule has 0 aliphatic rings. The van der Waals surface area contributed by atoms with Gasteiger partial charge in [-0.25, -0.2) is 14.6 Å². The second-order valence-corrected chi connectivity index (χ2v) is 5.49. The fourth-order valence-electron chi connectivity index (χ4n) is 2.30. The largest absolute Gasteiger partial charge is 0.398 e. The van der Waals surface area contributed by atoms with Gasteiger partial charge in [0, 0.05) is 23.0 Å². The molecule has 5 nitrogen and oxygen atoms in total. The second-order valence-electron chi connectivity index (χ2n) is 4.60. The van der Waals surface area contributed by atoms with Crippen molar-refractivity contribution in [2.45, 2.75) is 0 Å². The van der Waals surface area contributed by atoms with Gasteiger partial charge in [-0.2, -0.15) is 5.10 Å². The summed E-state index contributed by atoms with van der Waals surface area (Å²) in [7, 11) is 0. The monoisotopic (exact) mass is 293 g/mol. The molecule has 4 aromatic rings. The molecular formula is C15H11N5S. The molecule has 0 atom stereocenters. The fourth-order valence-corrected chi connectivity index (χ4v) is 3.02. The van der Waals surface area contributed by atoms with Crippen molar-refractivity contribution in [2.75, 3.05) is 5.73 Å². The van der Waals surface area contributed by atoms with Crippen LogP contribution in [0.5, 0.6) is 0 Å². The van der Waals surface area contributed by atoms with Crippen molar-refractivity contribution in [3.63, 3.8) is 0 Å². The van der Waals surface area contributed by atoms with E-state index in [9.17, 15) is 0 Å². The summed E-state index contributed by atoms with van der Waals surface area (Å²) in [6.45, 7) is 0. The minimum Gasteiger partial charge on any atom is -0.398 e. The molecule has 2 N–H and O–H groups in total. The Hall–Kier alpha value is -2.73. The number of nitrogen functional groups attached to an aromatic ring is 1. The van der Waals surface area contributed by atoms with Crippen LogP contribution in [0.1, 0.15) is 0 Å². The fraction of sp³-hybridized carbons (Fsp3) is 0. The first-order valence-electron chi connectivity index (χ1n) is 6.41. The van der Waals surface area contributed by atoms with Gasteiger partial charge in [-0.05, 0) is 17.5 Å². The number of benzene rings is 1. The zero-order chi connectivity index (χ0) is 14.2. The lowest BCUT2D eigenvalue weighted by Gasteiger charge is -2.02. The lowest BCUT2D eigenvalue weighted by atomic mass is 10.1. The highest BCUT2D eigenvalue weighted by atomic mass is 32.1. The van der Waals surface area contributed by atoms with Crippen LogP contribution in [0.3, 0.4) is 0 Å². The van der Waals surface area contributed by atoms with E-state index in [1.54, 1.807) is 28.5 Å². The Balaban J connectivity index is 1.85. The Labute approximate surface area is 124 Å². The molecule has 3 aromatic heterocycles. The van der Waals surface area contributed by atoms with Crippen molar-refractivity contribution in [3.8, 4) is 16.9 Å². The van der Waals surface area contributed by atoms with E-state index >= 15 is 0 Å². The Morgan fingerprint density at radius 3 is 2.90 bits per heavy atom. The van der Waals surface area contributed by atoms with Gasteiger partial charge in [0.25, 0.3) is 0 Å². The van der Waals surface area contributed by atoms with Gasteiger partial charge in [0.2, 0.25) is 0 Å². The Kier molecular flexibility index (Phi) is 2.68. The third-order valence-electron chi connectivity index (χ3n) is 3.31. The number of para-hydroxylation sites is 1. The molecule has 0 aliphatic heterocycles. The number of thiophene rings is 1. The van der Waals surface area contributed by atoms with E-state index in [4.69, 9.17) is 5.73 Å². The first kappa shape index (κ1) is 12.0. The summed E-state index contributed by atoms with van der Waals surface area (Å²) in [5.74, 6) is 0.780. The van der Waals surface area contributed by atoms with Crippen LogP contribution < -0.4 is 5.73 Å². The van der Waals surface area contributed by atoms with Crippen LogP contribution in [-0.4, -0.2) is 19.7 Å². The van der Waals surface area contributed by atoms with Gasteiger partial charge in [0.05, 0.1) is 11.6 Å². The molecule has 1 aromatic carbocycles. The predicted molar refractivity (Wildman–Crippen MR) is 84.4 cm³/mol. The van der Waals surface area contributed by atoms with Crippen LogP contribution in [0, 0.1) is 0 Å². The third-order valence-corrected chi connectivity index (χ3v) is 4.13. The highest BCUT2D eigenvalue weighted by molar-refractivity contribution is 7.16. The van der Waals surface area contributed by atoms with Gasteiger partial charge >= 0.3 is 0 Å². The first-order valence-corrected chi connectivity index (χ1v) is 7.29. The van der Waals surface area contributed by atoms with Gasteiger partial charge < -0.3 is 5.73 Å². The third kappa shape index (κ3) is 1.96. The van der Waals surface area contributed by atoms with Crippen molar-refractivity contribution < 1.29 is 0 Å². The van der Waals surface area contributed by atoms with Crippen LogP contribution >= 0.6 is 11.3 Å². The first-order chi connectivity index (χ1) is 10.3. The molecule has 0 amide bonds. The molecule has 102 valence electrons. The van der Waals surface area contributed by atoms with Crippen LogP contribution in [0.15, 0.2) is 54.4 Å². The summed E-state index contributed by atoms with van der Waals surface area (Å²) in [4.78, 5) is 9.55. The van der Waals surface area contributed by atoms with E-state index < -0.39 is 0 Å². The summed E-state index contributed by atoms with van der Waals surface area (Å²) in [5, 5.41) is 7.41. The van der Waals surface area contributed by atoms with Gasteiger partial charge in [-0.15, -0.1) is 11.3 Å². The maximum atomic E-state index is 6.01. The number of hydrogen-bond acceptors (Lipinski definition) is 5. The molecule has 4 rings (SSSR count). The number of anilines is 1. The number of fused-ring (bicyclic) bond motifs is 1. The van der Waals surface area contributed by atoms with E-state index in [2.05, 4.69) is 15.1 Å². The van der Waals surface area contributed by atoms with Crippen molar-refractivity contribution >= 4 is 27.2 Å². The number of nitrogens with zero attached hydrogens (tertiary/aromatic N) is 4. The highest BCUT2D eigenvalue weighted by Gasteiger charge is 2.10. The van der Waals surface area contributed by atoms with Crippen molar-refractivity contribution in [2.24, 2.45) is 0 Å². The quantitative estimate of drug-likeness (QED) is 0.576. The standard InChI is InChI=1S/C15H11N5S/c16-13-4-2-1-3-11(13)10-7-19-20(8-10)14-12-5-6-21-15(12)18-9-17-14/h1-9H,16H2. The molecule has 21 heavy (non-hydrogen) atoms. The summed E-state index contributed by atoms with van der Waals surface area (Å²) in [6.07, 6.45) is 5.30. The van der Waals surface area contributed by atoms with Gasteiger partial charge in [0.1, 0.15) is 11.2 Å². The summed E-state index contributed by atoms with van der Waals surface area (Å²) < 4.78 is 1.76. The molecule has 6 heteroatoms. The molecule has 0 saturated carbocycles. The van der Waals surface area contributed by atoms with Crippen LogP contribution in [-0.2, 0) is 0 Å². The average molecular weight is 293 g/mol. The minimum absolute atomic E-state index is 0.736. The van der Waals surface area contributed by atoms with E-state index in [1.807, 2.05) is 41.9 Å². The smallest absolute Gasteiger partial charge is 0.165 e. The van der Waals surface area contributed by atoms with Crippen LogP contribution in [0.25, 0.3) is 27.2 Å². The van der Waals surface area contributed by atoms with Gasteiger partial charge in [-0.1, -0.05) is 18.2 Å². The number of aromatic nitrogens is 4. The number of hydrogen-bond donors (Lipinski definition) is 1. The lowest BCUT2D eigenvalue weighted by Crippen LogP contribution is -1.98. The predicted octanol–water partition coefficient (Wildman–Crippen LogP) is 3.13. The maximum Gasteiger partial charge on any atom is 0.165 e. The number of nitrogens with two attached hydrogens (primary N) is 1. The Morgan fingerprint density at radius 2 is 2.00 bits per heavy atom. The van der Waals surface area contributed by atoms with Gasteiger partial charge in [-0.3, -0.25) is 0 Å². The van der Waals surface area contributed by atoms with E-state index in [0.29, 0.717) is 0 Å².